The van der Waals surface area contributed by atoms with E-state index in [-0.39, 0.29) is 6.61 Å². The van der Waals surface area contributed by atoms with Crippen molar-refractivity contribution in [3.8, 4) is 0 Å². The van der Waals surface area contributed by atoms with Crippen molar-refractivity contribution in [2.24, 2.45) is 0 Å². The van der Waals surface area contributed by atoms with Crippen LogP contribution < -0.4 is 5.32 Å². The molecule has 1 amide bonds. The first-order chi connectivity index (χ1) is 27.1. The van der Waals surface area contributed by atoms with Crippen molar-refractivity contribution in [2.45, 2.75) is 283 Å². The number of carbonyl (C=O) groups is 1. The molecule has 3 unspecified atom stereocenters. The van der Waals surface area contributed by atoms with E-state index in [2.05, 4.69) is 31.3 Å². The van der Waals surface area contributed by atoms with Gasteiger partial charge in [0.1, 0.15) is 6.10 Å². The van der Waals surface area contributed by atoms with Gasteiger partial charge in [0.15, 0.2) is 0 Å². The van der Waals surface area contributed by atoms with Crippen LogP contribution in [0.4, 0.5) is 0 Å². The number of hydrogen-bond donors (Lipinski definition) is 4. The van der Waals surface area contributed by atoms with Crippen LogP contribution in [0, 0.1) is 0 Å². The molecule has 0 aromatic rings. The van der Waals surface area contributed by atoms with Gasteiger partial charge in [-0.05, 0) is 44.9 Å². The minimum atomic E-state index is -1.10. The molecule has 0 aliphatic heterocycles. The van der Waals surface area contributed by atoms with E-state index in [0.717, 1.165) is 32.1 Å². The maximum absolute atomic E-state index is 12.5. The van der Waals surface area contributed by atoms with Crippen LogP contribution in [0.2, 0.25) is 0 Å². The summed E-state index contributed by atoms with van der Waals surface area (Å²) in [5, 5.41) is 33.2. The molecule has 0 bridgehead atoms. The van der Waals surface area contributed by atoms with Crippen molar-refractivity contribution in [1.82, 2.24) is 5.32 Å². The fourth-order valence-electron chi connectivity index (χ4n) is 7.65. The summed E-state index contributed by atoms with van der Waals surface area (Å²) in [5.74, 6) is -0.502. The van der Waals surface area contributed by atoms with Crippen LogP contribution in [0.3, 0.4) is 0 Å². The fourth-order valence-corrected chi connectivity index (χ4v) is 7.65. The highest BCUT2D eigenvalue weighted by Gasteiger charge is 2.22. The van der Waals surface area contributed by atoms with E-state index in [1.807, 2.05) is 6.08 Å². The highest BCUT2D eigenvalue weighted by atomic mass is 16.3. The van der Waals surface area contributed by atoms with Gasteiger partial charge in [-0.15, -0.1) is 0 Å². The average Bonchev–Trinajstić information content (AvgIpc) is 3.19. The molecule has 3 atom stereocenters. The average molecular weight is 776 g/mol. The Morgan fingerprint density at radius 1 is 0.436 bits per heavy atom. The number of aliphatic hydroxyl groups is 3. The first-order valence-corrected chi connectivity index (χ1v) is 24.7. The van der Waals surface area contributed by atoms with E-state index in [1.165, 1.54) is 212 Å². The normalized spacial score (nSPS) is 13.6. The predicted octanol–water partition coefficient (Wildman–Crippen LogP) is 14.6. The minimum Gasteiger partial charge on any atom is -0.394 e. The molecule has 0 aromatic carbocycles. The Hall–Kier alpha value is -1.17. The molecule has 0 aromatic heterocycles. The lowest BCUT2D eigenvalue weighted by atomic mass is 10.0. The molecule has 5 heteroatoms. The summed E-state index contributed by atoms with van der Waals surface area (Å²) in [5.41, 5.74) is 0. The predicted molar refractivity (Wildman–Crippen MR) is 241 cm³/mol. The number of aliphatic hydroxyl groups excluding tert-OH is 3. The first-order valence-electron chi connectivity index (χ1n) is 24.7. The molecule has 0 heterocycles. The number of rotatable bonds is 45. The van der Waals surface area contributed by atoms with Crippen molar-refractivity contribution in [2.75, 3.05) is 6.61 Å². The van der Waals surface area contributed by atoms with E-state index in [1.54, 1.807) is 6.08 Å². The van der Waals surface area contributed by atoms with E-state index >= 15 is 0 Å². The Labute approximate surface area is 343 Å². The minimum absolute atomic E-state index is 0.362. The second-order valence-electron chi connectivity index (χ2n) is 17.0. The number of hydrogen-bond acceptors (Lipinski definition) is 4. The second-order valence-corrected chi connectivity index (χ2v) is 17.0. The van der Waals surface area contributed by atoms with Crippen molar-refractivity contribution < 1.29 is 20.1 Å². The summed E-state index contributed by atoms with van der Waals surface area (Å²) >= 11 is 0. The van der Waals surface area contributed by atoms with Gasteiger partial charge < -0.3 is 20.6 Å². The van der Waals surface area contributed by atoms with E-state index in [4.69, 9.17) is 0 Å². The van der Waals surface area contributed by atoms with Crippen LogP contribution in [0.15, 0.2) is 24.3 Å². The van der Waals surface area contributed by atoms with E-state index in [0.29, 0.717) is 6.42 Å². The fraction of sp³-hybridized carbons (Fsp3) is 0.900. The molecule has 0 fully saturated rings. The quantitative estimate of drug-likeness (QED) is 0.0366. The molecular weight excluding hydrogens is 679 g/mol. The van der Waals surface area contributed by atoms with Gasteiger partial charge >= 0.3 is 0 Å². The highest BCUT2D eigenvalue weighted by molar-refractivity contribution is 5.80. The van der Waals surface area contributed by atoms with Gasteiger partial charge in [-0.1, -0.05) is 244 Å². The van der Waals surface area contributed by atoms with Gasteiger partial charge in [-0.2, -0.15) is 0 Å². The van der Waals surface area contributed by atoms with Crippen LogP contribution in [-0.2, 0) is 4.79 Å². The molecule has 5 nitrogen and oxygen atoms in total. The summed E-state index contributed by atoms with van der Waals surface area (Å²) < 4.78 is 0. The SMILES string of the molecule is CCCCCCCCCCCCC/C=C/C(O)C(CO)NC(=O)C(O)CCCCCCCCCCCCCC/C=C\CCCCCCCCCCCCCC. The lowest BCUT2D eigenvalue weighted by Gasteiger charge is -2.21. The maximum Gasteiger partial charge on any atom is 0.249 e. The lowest BCUT2D eigenvalue weighted by Crippen LogP contribution is -2.48. The van der Waals surface area contributed by atoms with Crippen LogP contribution in [0.1, 0.15) is 264 Å². The van der Waals surface area contributed by atoms with Gasteiger partial charge in [-0.25, -0.2) is 0 Å². The molecule has 326 valence electrons. The zero-order valence-corrected chi connectivity index (χ0v) is 37.1. The van der Waals surface area contributed by atoms with Gasteiger partial charge in [0.25, 0.3) is 0 Å². The molecule has 0 spiro atoms. The summed E-state index contributed by atoms with van der Waals surface area (Å²) in [6, 6.07) is -0.795. The largest absolute Gasteiger partial charge is 0.394 e. The Morgan fingerprint density at radius 3 is 1.05 bits per heavy atom. The molecule has 0 saturated carbocycles. The maximum atomic E-state index is 12.5. The Bertz CT molecular complexity index is 814. The summed E-state index contributed by atoms with van der Waals surface area (Å²) in [6.07, 6.45) is 56.6. The van der Waals surface area contributed by atoms with Crippen molar-refractivity contribution in [1.29, 1.82) is 0 Å². The van der Waals surface area contributed by atoms with Gasteiger partial charge in [-0.3, -0.25) is 4.79 Å². The third-order valence-corrected chi connectivity index (χ3v) is 11.5. The number of unbranched alkanes of at least 4 members (excludes halogenated alkanes) is 35. The van der Waals surface area contributed by atoms with Gasteiger partial charge in [0.2, 0.25) is 5.91 Å². The molecular formula is C50H97NO4. The third kappa shape index (κ3) is 40.8. The number of carbonyl (C=O) groups excluding carboxylic acids is 1. The number of nitrogens with one attached hydrogen (secondary N) is 1. The van der Waals surface area contributed by atoms with Crippen LogP contribution >= 0.6 is 0 Å². The van der Waals surface area contributed by atoms with Crippen molar-refractivity contribution >= 4 is 5.91 Å². The smallest absolute Gasteiger partial charge is 0.249 e. The van der Waals surface area contributed by atoms with Crippen LogP contribution in [0.5, 0.6) is 0 Å². The number of allylic oxidation sites excluding steroid dienone is 3. The summed E-state index contributed by atoms with van der Waals surface area (Å²) in [7, 11) is 0. The Morgan fingerprint density at radius 2 is 0.727 bits per heavy atom. The van der Waals surface area contributed by atoms with Crippen LogP contribution in [-0.4, -0.2) is 46.1 Å². The summed E-state index contributed by atoms with van der Waals surface area (Å²) in [6.45, 7) is 4.19. The van der Waals surface area contributed by atoms with Gasteiger partial charge in [0, 0.05) is 0 Å². The molecule has 4 N–H and O–H groups in total. The summed E-state index contributed by atoms with van der Waals surface area (Å²) in [4.78, 5) is 12.5. The molecule has 0 radical (unpaired) electrons. The Balaban J connectivity index is 3.55. The monoisotopic (exact) mass is 776 g/mol. The van der Waals surface area contributed by atoms with E-state index < -0.39 is 24.2 Å². The first kappa shape index (κ1) is 53.8. The molecule has 0 aliphatic carbocycles. The lowest BCUT2D eigenvalue weighted by molar-refractivity contribution is -0.131. The van der Waals surface area contributed by atoms with Crippen molar-refractivity contribution in [3.63, 3.8) is 0 Å². The molecule has 0 rings (SSSR count). The molecule has 0 aliphatic rings. The number of amides is 1. The molecule has 55 heavy (non-hydrogen) atoms. The van der Waals surface area contributed by atoms with E-state index in [9.17, 15) is 20.1 Å². The standard InChI is InChI=1S/C50H97NO4/c1-3-5-7-9-11-13-15-17-18-19-20-21-22-23-24-25-26-27-28-29-30-31-33-35-37-39-41-43-45-49(54)50(55)51-47(46-52)48(53)44-42-40-38-36-34-32-16-14-12-10-8-6-4-2/h23-24,42,44,47-49,52-54H,3-22,25-41,43,45-46H2,1-2H3,(H,51,55)/b24-23-,44-42+. The van der Waals surface area contributed by atoms with Crippen molar-refractivity contribution in [3.05, 3.63) is 24.3 Å². The third-order valence-electron chi connectivity index (χ3n) is 11.5. The topological polar surface area (TPSA) is 89.8 Å². The zero-order valence-electron chi connectivity index (χ0n) is 37.1. The second kappa shape index (κ2) is 45.5. The zero-order chi connectivity index (χ0) is 40.1. The van der Waals surface area contributed by atoms with Crippen LogP contribution in [0.25, 0.3) is 0 Å². The Kier molecular flexibility index (Phi) is 44.6. The highest BCUT2D eigenvalue weighted by Crippen LogP contribution is 2.16. The molecule has 0 saturated heterocycles. The van der Waals surface area contributed by atoms with Gasteiger partial charge in [0.05, 0.1) is 18.8 Å².